The Morgan fingerprint density at radius 1 is 0.879 bits per heavy atom. The highest BCUT2D eigenvalue weighted by Crippen LogP contribution is 2.32. The van der Waals surface area contributed by atoms with Crippen molar-refractivity contribution in [2.24, 2.45) is 5.92 Å². The van der Waals surface area contributed by atoms with E-state index in [0.29, 0.717) is 41.1 Å². The summed E-state index contributed by atoms with van der Waals surface area (Å²) >= 11 is 0. The molecule has 0 radical (unpaired) electrons. The van der Waals surface area contributed by atoms with Gasteiger partial charge in [-0.05, 0) is 91.1 Å². The van der Waals surface area contributed by atoms with Crippen molar-refractivity contribution in [2.75, 3.05) is 13.7 Å². The van der Waals surface area contributed by atoms with E-state index in [1.165, 1.54) is 24.3 Å². The molecule has 1 N–H and O–H groups in total. The lowest BCUT2D eigenvalue weighted by atomic mass is 10.1. The Labute approximate surface area is 192 Å². The second-order valence-corrected chi connectivity index (χ2v) is 9.84. The summed E-state index contributed by atoms with van der Waals surface area (Å²) in [6, 6.07) is 17.5. The van der Waals surface area contributed by atoms with Crippen LogP contribution >= 0.6 is 0 Å². The van der Waals surface area contributed by atoms with Crippen LogP contribution in [0.5, 0.6) is 23.0 Å². The van der Waals surface area contributed by atoms with Crippen LogP contribution in [0.4, 0.5) is 0 Å². The summed E-state index contributed by atoms with van der Waals surface area (Å²) in [6.07, 6.45) is 1.88. The molecule has 1 saturated carbocycles. The molecule has 33 heavy (non-hydrogen) atoms. The highest BCUT2D eigenvalue weighted by Gasteiger charge is 2.24. The Kier molecular flexibility index (Phi) is 6.55. The molecule has 1 aliphatic rings. The van der Waals surface area contributed by atoms with E-state index in [1.807, 2.05) is 0 Å². The molecule has 172 valence electrons. The Hall–Kier alpha value is -3.52. The van der Waals surface area contributed by atoms with Gasteiger partial charge in [0.2, 0.25) is 9.84 Å². The molecule has 7 nitrogen and oxygen atoms in total. The number of aliphatic carboxylic acids is 1. The largest absolute Gasteiger partial charge is 0.497 e. The molecular formula is C25H24O7S. The van der Waals surface area contributed by atoms with Crippen molar-refractivity contribution in [1.29, 1.82) is 0 Å². The zero-order valence-corrected chi connectivity index (χ0v) is 18.9. The summed E-state index contributed by atoms with van der Waals surface area (Å²) in [5, 5.41) is 9.17. The second kappa shape index (κ2) is 9.54. The van der Waals surface area contributed by atoms with Crippen LogP contribution in [0.25, 0.3) is 0 Å². The molecule has 3 aromatic rings. The van der Waals surface area contributed by atoms with Gasteiger partial charge >= 0.3 is 5.97 Å². The summed E-state index contributed by atoms with van der Waals surface area (Å²) in [6.45, 7) is 0.493. The zero-order chi connectivity index (χ0) is 23.4. The molecule has 0 unspecified atom stereocenters. The number of carboxylic acid groups (broad SMARTS) is 1. The van der Waals surface area contributed by atoms with Gasteiger partial charge in [-0.2, -0.15) is 0 Å². The predicted molar refractivity (Wildman–Crippen MR) is 121 cm³/mol. The zero-order valence-electron chi connectivity index (χ0n) is 18.1. The minimum atomic E-state index is -3.89. The molecule has 0 atom stereocenters. The number of carboxylic acids is 1. The van der Waals surface area contributed by atoms with E-state index in [2.05, 4.69) is 0 Å². The lowest BCUT2D eigenvalue weighted by molar-refractivity contribution is -0.136. The van der Waals surface area contributed by atoms with Gasteiger partial charge in [0.15, 0.2) is 0 Å². The lowest BCUT2D eigenvalue weighted by Gasteiger charge is -2.12. The molecule has 0 spiro atoms. The van der Waals surface area contributed by atoms with E-state index >= 15 is 0 Å². The third kappa shape index (κ3) is 5.84. The van der Waals surface area contributed by atoms with E-state index in [4.69, 9.17) is 19.3 Å². The predicted octanol–water partition coefficient (Wildman–Crippen LogP) is 4.74. The first-order valence-corrected chi connectivity index (χ1v) is 12.0. The Morgan fingerprint density at radius 2 is 1.48 bits per heavy atom. The van der Waals surface area contributed by atoms with Crippen molar-refractivity contribution in [1.82, 2.24) is 0 Å². The van der Waals surface area contributed by atoms with Gasteiger partial charge in [-0.15, -0.1) is 0 Å². The van der Waals surface area contributed by atoms with E-state index < -0.39 is 15.8 Å². The maximum absolute atomic E-state index is 13.3. The van der Waals surface area contributed by atoms with E-state index in [0.717, 1.165) is 12.8 Å². The molecule has 0 amide bonds. The molecular weight excluding hydrogens is 444 g/mol. The third-order valence-electron chi connectivity index (χ3n) is 5.22. The molecule has 8 heteroatoms. The maximum Gasteiger partial charge on any atom is 0.307 e. The SMILES string of the molecule is COc1ccc(Oc2ccc(S(=O)(=O)c3cc(CC(=O)O)cc(OCC4CC4)c3)cc2)cc1. The molecule has 1 fully saturated rings. The fraction of sp³-hybridized carbons (Fsp3) is 0.240. The van der Waals surface area contributed by atoms with Crippen LogP contribution in [0.2, 0.25) is 0 Å². The molecule has 1 aliphatic carbocycles. The summed E-state index contributed by atoms with van der Waals surface area (Å²) in [5.74, 6) is 1.56. The molecule has 3 aromatic carbocycles. The fourth-order valence-electron chi connectivity index (χ4n) is 3.25. The van der Waals surface area contributed by atoms with Crippen molar-refractivity contribution in [2.45, 2.75) is 29.1 Å². The molecule has 0 saturated heterocycles. The van der Waals surface area contributed by atoms with Crippen LogP contribution in [0.1, 0.15) is 18.4 Å². The minimum absolute atomic E-state index is 0.00382. The average molecular weight is 469 g/mol. The van der Waals surface area contributed by atoms with Crippen LogP contribution in [0.15, 0.2) is 76.5 Å². The maximum atomic E-state index is 13.3. The molecule has 0 bridgehead atoms. The Balaban J connectivity index is 1.56. The van der Waals surface area contributed by atoms with Crippen LogP contribution in [0.3, 0.4) is 0 Å². The Bertz CT molecular complexity index is 1230. The van der Waals surface area contributed by atoms with Gasteiger partial charge in [0, 0.05) is 0 Å². The number of benzene rings is 3. The summed E-state index contributed by atoms with van der Waals surface area (Å²) in [5.41, 5.74) is 0.369. The van der Waals surface area contributed by atoms with Crippen LogP contribution < -0.4 is 14.2 Å². The van der Waals surface area contributed by atoms with Crippen molar-refractivity contribution < 1.29 is 32.5 Å². The van der Waals surface area contributed by atoms with E-state index in [9.17, 15) is 13.2 Å². The fourth-order valence-corrected chi connectivity index (χ4v) is 4.59. The van der Waals surface area contributed by atoms with Gasteiger partial charge < -0.3 is 19.3 Å². The van der Waals surface area contributed by atoms with Gasteiger partial charge in [0.05, 0.1) is 29.9 Å². The third-order valence-corrected chi connectivity index (χ3v) is 6.97. The first-order chi connectivity index (χ1) is 15.8. The normalized spacial score (nSPS) is 13.4. The van der Waals surface area contributed by atoms with Gasteiger partial charge in [-0.3, -0.25) is 4.79 Å². The molecule has 0 heterocycles. The number of rotatable bonds is 10. The Morgan fingerprint density at radius 3 is 2.06 bits per heavy atom. The first-order valence-electron chi connectivity index (χ1n) is 10.5. The number of methoxy groups -OCH3 is 1. The molecule has 0 aromatic heterocycles. The monoisotopic (exact) mass is 468 g/mol. The number of sulfone groups is 1. The smallest absolute Gasteiger partial charge is 0.307 e. The topological polar surface area (TPSA) is 99.1 Å². The second-order valence-electron chi connectivity index (χ2n) is 7.89. The number of hydrogen-bond acceptors (Lipinski definition) is 6. The number of hydrogen-bond donors (Lipinski definition) is 1. The van der Waals surface area contributed by atoms with E-state index in [1.54, 1.807) is 49.6 Å². The summed E-state index contributed by atoms with van der Waals surface area (Å²) < 4.78 is 43.1. The van der Waals surface area contributed by atoms with E-state index in [-0.39, 0.29) is 16.2 Å². The molecule has 4 rings (SSSR count). The first kappa shape index (κ1) is 22.7. The molecule has 0 aliphatic heterocycles. The van der Waals surface area contributed by atoms with Crippen LogP contribution in [-0.4, -0.2) is 33.2 Å². The number of ether oxygens (including phenoxy) is 3. The van der Waals surface area contributed by atoms with Gasteiger partial charge in [-0.1, -0.05) is 0 Å². The average Bonchev–Trinajstić information content (AvgIpc) is 3.63. The van der Waals surface area contributed by atoms with Crippen LogP contribution in [0, 0.1) is 5.92 Å². The highest BCUT2D eigenvalue weighted by molar-refractivity contribution is 7.91. The summed E-state index contributed by atoms with van der Waals surface area (Å²) in [4.78, 5) is 11.3. The lowest BCUT2D eigenvalue weighted by Crippen LogP contribution is -2.07. The summed E-state index contributed by atoms with van der Waals surface area (Å²) in [7, 11) is -2.31. The quantitative estimate of drug-likeness (QED) is 0.459. The van der Waals surface area contributed by atoms with Gasteiger partial charge in [0.25, 0.3) is 0 Å². The highest BCUT2D eigenvalue weighted by atomic mass is 32.2. The van der Waals surface area contributed by atoms with Gasteiger partial charge in [-0.25, -0.2) is 8.42 Å². The number of carbonyl (C=O) groups is 1. The van der Waals surface area contributed by atoms with Crippen molar-refractivity contribution in [3.63, 3.8) is 0 Å². The van der Waals surface area contributed by atoms with Gasteiger partial charge in [0.1, 0.15) is 23.0 Å². The minimum Gasteiger partial charge on any atom is -0.497 e. The van der Waals surface area contributed by atoms with Crippen molar-refractivity contribution in [3.05, 3.63) is 72.3 Å². The van der Waals surface area contributed by atoms with Crippen molar-refractivity contribution in [3.8, 4) is 23.0 Å². The van der Waals surface area contributed by atoms with Crippen molar-refractivity contribution >= 4 is 15.8 Å². The standard InChI is InChI=1S/C25H24O7S/c1-30-19-4-6-20(7-5-19)32-21-8-10-23(11-9-21)33(28,29)24-13-18(14-25(26)27)12-22(15-24)31-16-17-2-3-17/h4-13,15,17H,2-3,14,16H2,1H3,(H,26,27). The van der Waals surface area contributed by atoms with Crippen LogP contribution in [-0.2, 0) is 21.1 Å².